The van der Waals surface area contributed by atoms with E-state index in [1.54, 1.807) is 0 Å². The predicted molar refractivity (Wildman–Crippen MR) is 50.5 cm³/mol. The van der Waals surface area contributed by atoms with Crippen LogP contribution in [0.25, 0.3) is 0 Å². The molecule has 0 amide bonds. The number of ketones is 1. The molecule has 0 aromatic carbocycles. The number of rotatable bonds is 2. The maximum Gasteiger partial charge on any atom is 0.138 e. The fourth-order valence-electron chi connectivity index (χ4n) is 2.04. The van der Waals surface area contributed by atoms with Crippen LogP contribution in [0, 0.1) is 11.8 Å². The van der Waals surface area contributed by atoms with Crippen molar-refractivity contribution >= 4 is 5.78 Å². The Labute approximate surface area is 79.5 Å². The highest BCUT2D eigenvalue weighted by Gasteiger charge is 2.37. The molecule has 0 bridgehead atoms. The highest BCUT2D eigenvalue weighted by Crippen LogP contribution is 2.32. The highest BCUT2D eigenvalue weighted by molar-refractivity contribution is 5.83. The first kappa shape index (κ1) is 10.7. The summed E-state index contributed by atoms with van der Waals surface area (Å²) < 4.78 is 0. The Balaban J connectivity index is 2.66. The van der Waals surface area contributed by atoms with Gasteiger partial charge in [-0.1, -0.05) is 6.92 Å². The van der Waals surface area contributed by atoms with Gasteiger partial charge in [0.1, 0.15) is 5.78 Å². The summed E-state index contributed by atoms with van der Waals surface area (Å²) in [6, 6.07) is 0. The summed E-state index contributed by atoms with van der Waals surface area (Å²) in [7, 11) is 0. The Morgan fingerprint density at radius 2 is 2.08 bits per heavy atom. The third kappa shape index (κ3) is 2.29. The quantitative estimate of drug-likeness (QED) is 0.644. The lowest BCUT2D eigenvalue weighted by molar-refractivity contribution is -0.130. The van der Waals surface area contributed by atoms with Crippen molar-refractivity contribution in [3.05, 3.63) is 0 Å². The van der Waals surface area contributed by atoms with Crippen LogP contribution in [0.3, 0.4) is 0 Å². The Kier molecular flexibility index (Phi) is 3.09. The number of hydrogen-bond donors (Lipinski definition) is 2. The van der Waals surface area contributed by atoms with Crippen LogP contribution in [-0.4, -0.2) is 16.5 Å². The van der Waals surface area contributed by atoms with Crippen LogP contribution in [0.2, 0.25) is 0 Å². The number of hydrogen-bond acceptors (Lipinski definition) is 3. The number of carbonyl (C=O) groups is 1. The van der Waals surface area contributed by atoms with E-state index in [2.05, 4.69) is 12.4 Å². The summed E-state index contributed by atoms with van der Waals surface area (Å²) in [6.45, 7) is 5.84. The van der Waals surface area contributed by atoms with Gasteiger partial charge in [0.2, 0.25) is 0 Å². The zero-order chi connectivity index (χ0) is 10.1. The van der Waals surface area contributed by atoms with E-state index in [0.29, 0.717) is 12.3 Å². The standard InChI is InChI=1S/C10H19NO2/c1-7-4-5-8(9(12)6-7)10(2,3)11-13/h7-8,11,13H,4-6H2,1-3H3/t7-,8+/m0/s1. The maximum atomic E-state index is 11.7. The number of nitrogens with one attached hydrogen (secondary N) is 1. The zero-order valence-electron chi connectivity index (χ0n) is 8.63. The number of hydroxylamine groups is 1. The first-order valence-electron chi connectivity index (χ1n) is 4.91. The molecule has 1 aliphatic rings. The van der Waals surface area contributed by atoms with Gasteiger partial charge >= 0.3 is 0 Å². The lowest BCUT2D eigenvalue weighted by atomic mass is 9.73. The molecule has 2 N–H and O–H groups in total. The van der Waals surface area contributed by atoms with E-state index in [1.807, 2.05) is 13.8 Å². The van der Waals surface area contributed by atoms with E-state index in [1.165, 1.54) is 0 Å². The molecule has 3 nitrogen and oxygen atoms in total. The average Bonchev–Trinajstić information content (AvgIpc) is 2.03. The smallest absolute Gasteiger partial charge is 0.138 e. The molecule has 0 radical (unpaired) electrons. The topological polar surface area (TPSA) is 49.3 Å². The molecule has 1 rings (SSSR count). The lowest BCUT2D eigenvalue weighted by Gasteiger charge is -2.36. The molecule has 0 saturated heterocycles. The van der Waals surface area contributed by atoms with E-state index in [9.17, 15) is 4.79 Å². The average molecular weight is 185 g/mol. The highest BCUT2D eigenvalue weighted by atomic mass is 16.5. The fourth-order valence-corrected chi connectivity index (χ4v) is 2.04. The molecular formula is C10H19NO2. The SMILES string of the molecule is C[C@H]1CC[C@@H](C(C)(C)NO)C(=O)C1. The second kappa shape index (κ2) is 3.76. The largest absolute Gasteiger partial charge is 0.316 e. The fraction of sp³-hybridized carbons (Fsp3) is 0.900. The van der Waals surface area contributed by atoms with Crippen LogP contribution in [-0.2, 0) is 4.79 Å². The monoisotopic (exact) mass is 185 g/mol. The van der Waals surface area contributed by atoms with Gasteiger partial charge in [-0.05, 0) is 32.6 Å². The summed E-state index contributed by atoms with van der Waals surface area (Å²) in [5, 5.41) is 8.93. The van der Waals surface area contributed by atoms with Crippen molar-refractivity contribution in [1.82, 2.24) is 5.48 Å². The molecular weight excluding hydrogens is 166 g/mol. The van der Waals surface area contributed by atoms with Crippen molar-refractivity contribution in [2.75, 3.05) is 0 Å². The van der Waals surface area contributed by atoms with E-state index in [0.717, 1.165) is 12.8 Å². The minimum absolute atomic E-state index is 0.0336. The zero-order valence-corrected chi connectivity index (χ0v) is 8.63. The second-order valence-corrected chi connectivity index (χ2v) is 4.74. The summed E-state index contributed by atoms with van der Waals surface area (Å²) in [4.78, 5) is 11.7. The molecule has 3 heteroatoms. The third-order valence-electron chi connectivity index (χ3n) is 3.05. The van der Waals surface area contributed by atoms with Crippen molar-refractivity contribution in [2.24, 2.45) is 11.8 Å². The van der Waals surface area contributed by atoms with E-state index < -0.39 is 5.54 Å². The van der Waals surface area contributed by atoms with E-state index >= 15 is 0 Å². The molecule has 0 aromatic heterocycles. The molecule has 0 spiro atoms. The molecule has 1 saturated carbocycles. The summed E-state index contributed by atoms with van der Waals surface area (Å²) in [5.74, 6) is 0.761. The number of Topliss-reactive ketones (excluding diaryl/α,β-unsaturated/α-hetero) is 1. The second-order valence-electron chi connectivity index (χ2n) is 4.74. The number of carbonyl (C=O) groups excluding carboxylic acids is 1. The van der Waals surface area contributed by atoms with Gasteiger partial charge in [-0.2, -0.15) is 5.48 Å². The van der Waals surface area contributed by atoms with Crippen molar-refractivity contribution in [1.29, 1.82) is 0 Å². The summed E-state index contributed by atoms with van der Waals surface area (Å²) in [5.41, 5.74) is 1.76. The Morgan fingerprint density at radius 3 is 2.54 bits per heavy atom. The van der Waals surface area contributed by atoms with Crippen LogP contribution in [0.15, 0.2) is 0 Å². The van der Waals surface area contributed by atoms with Crippen molar-refractivity contribution in [3.8, 4) is 0 Å². The van der Waals surface area contributed by atoms with Gasteiger partial charge in [0.25, 0.3) is 0 Å². The van der Waals surface area contributed by atoms with E-state index in [4.69, 9.17) is 5.21 Å². The predicted octanol–water partition coefficient (Wildman–Crippen LogP) is 1.75. The molecule has 0 unspecified atom stereocenters. The Hall–Kier alpha value is -0.410. The van der Waals surface area contributed by atoms with Crippen molar-refractivity contribution in [2.45, 2.75) is 45.6 Å². The summed E-state index contributed by atoms with van der Waals surface area (Å²) in [6.07, 6.45) is 2.64. The first-order chi connectivity index (χ1) is 5.97. The summed E-state index contributed by atoms with van der Waals surface area (Å²) >= 11 is 0. The van der Waals surface area contributed by atoms with Crippen molar-refractivity contribution in [3.63, 3.8) is 0 Å². The molecule has 0 aliphatic heterocycles. The minimum Gasteiger partial charge on any atom is -0.316 e. The molecule has 1 aliphatic carbocycles. The normalized spacial score (nSPS) is 30.6. The Morgan fingerprint density at radius 1 is 1.46 bits per heavy atom. The Bertz CT molecular complexity index is 201. The van der Waals surface area contributed by atoms with Gasteiger partial charge in [0, 0.05) is 17.9 Å². The van der Waals surface area contributed by atoms with Crippen LogP contribution in [0.4, 0.5) is 0 Å². The minimum atomic E-state index is -0.475. The molecule has 0 heterocycles. The molecule has 0 aromatic rings. The van der Waals surface area contributed by atoms with Gasteiger partial charge in [0.05, 0.1) is 0 Å². The maximum absolute atomic E-state index is 11.7. The van der Waals surface area contributed by atoms with E-state index in [-0.39, 0.29) is 11.7 Å². The molecule has 13 heavy (non-hydrogen) atoms. The van der Waals surface area contributed by atoms with Crippen LogP contribution in [0.1, 0.15) is 40.0 Å². The van der Waals surface area contributed by atoms with Crippen LogP contribution < -0.4 is 5.48 Å². The van der Waals surface area contributed by atoms with Crippen LogP contribution >= 0.6 is 0 Å². The van der Waals surface area contributed by atoms with Gasteiger partial charge in [-0.15, -0.1) is 0 Å². The molecule has 2 atom stereocenters. The lowest BCUT2D eigenvalue weighted by Crippen LogP contribution is -2.49. The van der Waals surface area contributed by atoms with Gasteiger partial charge < -0.3 is 5.21 Å². The van der Waals surface area contributed by atoms with Gasteiger partial charge in [0.15, 0.2) is 0 Å². The van der Waals surface area contributed by atoms with Gasteiger partial charge in [-0.25, -0.2) is 0 Å². The van der Waals surface area contributed by atoms with Gasteiger partial charge in [-0.3, -0.25) is 4.79 Å². The van der Waals surface area contributed by atoms with Crippen LogP contribution in [0.5, 0.6) is 0 Å². The molecule has 1 fully saturated rings. The first-order valence-corrected chi connectivity index (χ1v) is 4.91. The molecule has 76 valence electrons. The van der Waals surface area contributed by atoms with Crippen molar-refractivity contribution < 1.29 is 10.0 Å². The third-order valence-corrected chi connectivity index (χ3v) is 3.05.